The lowest BCUT2D eigenvalue weighted by molar-refractivity contribution is -0.384. The SMILES string of the molecule is Cc1cc(NC(C)CS(C)(=O)=O)c([N+](=O)[O-])cc1F. The van der Waals surface area contributed by atoms with Crippen LogP contribution < -0.4 is 5.32 Å². The Kier molecular flexibility index (Phi) is 4.46. The van der Waals surface area contributed by atoms with Crippen LogP contribution in [0, 0.1) is 22.9 Å². The molecule has 0 spiro atoms. The summed E-state index contributed by atoms with van der Waals surface area (Å²) < 4.78 is 35.6. The standard InChI is InChI=1S/C11H15FN2O4S/c1-7-4-10(11(14(15)16)5-9(7)12)13-8(2)6-19(3,17)18/h4-5,8,13H,6H2,1-3H3. The van der Waals surface area contributed by atoms with Crippen LogP contribution >= 0.6 is 0 Å². The molecule has 106 valence electrons. The number of benzene rings is 1. The second-order valence-electron chi connectivity index (χ2n) is 4.51. The monoisotopic (exact) mass is 290 g/mol. The maximum atomic E-state index is 13.3. The molecule has 0 aliphatic carbocycles. The summed E-state index contributed by atoms with van der Waals surface area (Å²) in [6.07, 6.45) is 1.08. The van der Waals surface area contributed by atoms with E-state index in [1.807, 2.05) is 0 Å². The number of hydrogen-bond acceptors (Lipinski definition) is 5. The van der Waals surface area contributed by atoms with Crippen molar-refractivity contribution in [3.05, 3.63) is 33.6 Å². The van der Waals surface area contributed by atoms with Crippen molar-refractivity contribution < 1.29 is 17.7 Å². The Hall–Kier alpha value is -1.70. The van der Waals surface area contributed by atoms with Crippen molar-refractivity contribution in [1.29, 1.82) is 0 Å². The Balaban J connectivity index is 3.06. The first kappa shape index (κ1) is 15.4. The molecule has 1 rings (SSSR count). The summed E-state index contributed by atoms with van der Waals surface area (Å²) >= 11 is 0. The molecule has 1 atom stereocenters. The predicted octanol–water partition coefficient (Wildman–Crippen LogP) is 1.89. The zero-order valence-electron chi connectivity index (χ0n) is 10.8. The highest BCUT2D eigenvalue weighted by atomic mass is 32.2. The van der Waals surface area contributed by atoms with Gasteiger partial charge >= 0.3 is 0 Å². The van der Waals surface area contributed by atoms with Gasteiger partial charge in [0.1, 0.15) is 21.3 Å². The fraction of sp³-hybridized carbons (Fsp3) is 0.455. The number of nitrogens with one attached hydrogen (secondary N) is 1. The minimum absolute atomic E-state index is 0.111. The molecule has 0 saturated carbocycles. The molecule has 0 fully saturated rings. The third-order valence-electron chi connectivity index (χ3n) is 2.43. The van der Waals surface area contributed by atoms with E-state index in [-0.39, 0.29) is 17.0 Å². The van der Waals surface area contributed by atoms with E-state index in [4.69, 9.17) is 0 Å². The average molecular weight is 290 g/mol. The lowest BCUT2D eigenvalue weighted by atomic mass is 10.1. The highest BCUT2D eigenvalue weighted by Gasteiger charge is 2.19. The van der Waals surface area contributed by atoms with Gasteiger partial charge in [0.2, 0.25) is 0 Å². The van der Waals surface area contributed by atoms with Gasteiger partial charge in [-0.2, -0.15) is 0 Å². The van der Waals surface area contributed by atoms with E-state index in [9.17, 15) is 22.9 Å². The molecule has 8 heteroatoms. The zero-order valence-corrected chi connectivity index (χ0v) is 11.6. The third-order valence-corrected chi connectivity index (χ3v) is 3.53. The third kappa shape index (κ3) is 4.47. The molecule has 1 aromatic rings. The van der Waals surface area contributed by atoms with E-state index in [1.165, 1.54) is 13.0 Å². The molecule has 0 aromatic heterocycles. The van der Waals surface area contributed by atoms with Crippen molar-refractivity contribution in [1.82, 2.24) is 0 Å². The van der Waals surface area contributed by atoms with Crippen molar-refractivity contribution >= 4 is 21.2 Å². The zero-order chi connectivity index (χ0) is 14.8. The van der Waals surface area contributed by atoms with Crippen LogP contribution in [0.5, 0.6) is 0 Å². The van der Waals surface area contributed by atoms with Crippen molar-refractivity contribution in [2.45, 2.75) is 19.9 Å². The highest BCUT2D eigenvalue weighted by molar-refractivity contribution is 7.90. The fourth-order valence-electron chi connectivity index (χ4n) is 1.70. The molecule has 0 amide bonds. The first-order valence-corrected chi connectivity index (χ1v) is 7.55. The van der Waals surface area contributed by atoms with Gasteiger partial charge in [0.25, 0.3) is 5.69 Å². The summed E-state index contributed by atoms with van der Waals surface area (Å²) in [5.41, 5.74) is -0.0526. The van der Waals surface area contributed by atoms with Crippen LogP contribution in [0.15, 0.2) is 12.1 Å². The first-order chi connectivity index (χ1) is 8.60. The van der Waals surface area contributed by atoms with Crippen molar-refractivity contribution in [2.24, 2.45) is 0 Å². The Bertz CT molecular complexity index is 601. The number of anilines is 1. The Morgan fingerprint density at radius 3 is 2.53 bits per heavy atom. The highest BCUT2D eigenvalue weighted by Crippen LogP contribution is 2.28. The Morgan fingerprint density at radius 2 is 2.05 bits per heavy atom. The molecule has 0 radical (unpaired) electrons. The molecule has 0 heterocycles. The normalized spacial score (nSPS) is 13.1. The van der Waals surface area contributed by atoms with E-state index < -0.39 is 32.3 Å². The molecular weight excluding hydrogens is 275 g/mol. The largest absolute Gasteiger partial charge is 0.376 e. The number of nitro benzene ring substituents is 1. The molecule has 0 aliphatic heterocycles. The summed E-state index contributed by atoms with van der Waals surface area (Å²) in [5, 5.41) is 13.6. The summed E-state index contributed by atoms with van der Waals surface area (Å²) in [5.74, 6) is -0.839. The number of rotatable bonds is 5. The molecule has 1 N–H and O–H groups in total. The van der Waals surface area contributed by atoms with Crippen LogP contribution in [0.2, 0.25) is 0 Å². The van der Waals surface area contributed by atoms with Gasteiger partial charge in [-0.05, 0) is 25.5 Å². The summed E-state index contributed by atoms with van der Waals surface area (Å²) in [6.45, 7) is 3.06. The molecule has 0 saturated heterocycles. The van der Waals surface area contributed by atoms with E-state index in [0.29, 0.717) is 0 Å². The minimum atomic E-state index is -3.20. The van der Waals surface area contributed by atoms with E-state index in [2.05, 4.69) is 5.32 Å². The molecule has 6 nitrogen and oxygen atoms in total. The Labute approximate surface area is 110 Å². The van der Waals surface area contributed by atoms with E-state index in [0.717, 1.165) is 12.3 Å². The van der Waals surface area contributed by atoms with Crippen LogP contribution in [0.1, 0.15) is 12.5 Å². The van der Waals surface area contributed by atoms with Gasteiger partial charge in [0, 0.05) is 12.3 Å². The van der Waals surface area contributed by atoms with Crippen LogP contribution in [0.25, 0.3) is 0 Å². The van der Waals surface area contributed by atoms with Crippen LogP contribution in [0.4, 0.5) is 15.8 Å². The molecule has 1 aromatic carbocycles. The fourth-order valence-corrected chi connectivity index (χ4v) is 2.69. The second-order valence-corrected chi connectivity index (χ2v) is 6.70. The lowest BCUT2D eigenvalue weighted by Gasteiger charge is -2.15. The van der Waals surface area contributed by atoms with Crippen molar-refractivity contribution in [3.63, 3.8) is 0 Å². The van der Waals surface area contributed by atoms with Crippen LogP contribution in [-0.2, 0) is 9.84 Å². The van der Waals surface area contributed by atoms with Crippen molar-refractivity contribution in [3.8, 4) is 0 Å². The summed E-state index contributed by atoms with van der Waals surface area (Å²) in [4.78, 5) is 10.1. The van der Waals surface area contributed by atoms with E-state index in [1.54, 1.807) is 6.92 Å². The number of hydrogen-bond donors (Lipinski definition) is 1. The van der Waals surface area contributed by atoms with Gasteiger partial charge in [-0.25, -0.2) is 12.8 Å². The van der Waals surface area contributed by atoms with Gasteiger partial charge in [-0.3, -0.25) is 10.1 Å². The van der Waals surface area contributed by atoms with Gasteiger partial charge in [-0.15, -0.1) is 0 Å². The summed E-state index contributed by atoms with van der Waals surface area (Å²) in [6, 6.07) is 1.61. The average Bonchev–Trinajstić information content (AvgIpc) is 2.19. The summed E-state index contributed by atoms with van der Waals surface area (Å²) in [7, 11) is -3.20. The molecule has 1 unspecified atom stereocenters. The minimum Gasteiger partial charge on any atom is -0.376 e. The number of sulfone groups is 1. The Morgan fingerprint density at radius 1 is 1.47 bits per heavy atom. The number of halogens is 1. The topological polar surface area (TPSA) is 89.3 Å². The molecular formula is C11H15FN2O4S. The first-order valence-electron chi connectivity index (χ1n) is 5.49. The number of nitrogens with zero attached hydrogens (tertiary/aromatic N) is 1. The lowest BCUT2D eigenvalue weighted by Crippen LogP contribution is -2.25. The molecule has 0 aliphatic rings. The maximum Gasteiger partial charge on any atom is 0.295 e. The van der Waals surface area contributed by atoms with Gasteiger partial charge in [0.05, 0.1) is 16.7 Å². The van der Waals surface area contributed by atoms with Gasteiger partial charge < -0.3 is 5.32 Å². The smallest absolute Gasteiger partial charge is 0.295 e. The quantitative estimate of drug-likeness (QED) is 0.660. The second kappa shape index (κ2) is 5.52. The predicted molar refractivity (Wildman–Crippen MR) is 70.6 cm³/mol. The van der Waals surface area contributed by atoms with Crippen molar-refractivity contribution in [2.75, 3.05) is 17.3 Å². The van der Waals surface area contributed by atoms with Gasteiger partial charge in [0.15, 0.2) is 0 Å². The van der Waals surface area contributed by atoms with E-state index >= 15 is 0 Å². The molecule has 0 bridgehead atoms. The van der Waals surface area contributed by atoms with Gasteiger partial charge in [-0.1, -0.05) is 0 Å². The molecule has 19 heavy (non-hydrogen) atoms. The maximum absolute atomic E-state index is 13.3. The van der Waals surface area contributed by atoms with Crippen LogP contribution in [0.3, 0.4) is 0 Å². The van der Waals surface area contributed by atoms with Crippen LogP contribution in [-0.4, -0.2) is 31.4 Å². The number of nitro groups is 1. The number of aryl methyl sites for hydroxylation is 1.